The monoisotopic (exact) mass is 335 g/mol. The average Bonchev–Trinajstić information content (AvgIpc) is 2.42. The number of nitrogens with two attached hydrogens (primary N) is 1. The van der Waals surface area contributed by atoms with Crippen LogP contribution in [0.3, 0.4) is 0 Å². The number of primary amides is 1. The molecule has 0 heterocycles. The maximum Gasteiger partial charge on any atom is 0.255 e. The van der Waals surface area contributed by atoms with Crippen molar-refractivity contribution in [2.75, 3.05) is 26.7 Å². The normalized spacial score (nSPS) is 11.3. The van der Waals surface area contributed by atoms with Gasteiger partial charge in [-0.1, -0.05) is 11.6 Å². The van der Waals surface area contributed by atoms with Crippen LogP contribution in [0.4, 0.5) is 0 Å². The van der Waals surface area contributed by atoms with E-state index in [1.54, 1.807) is 7.05 Å². The number of hydrogen-bond donors (Lipinski definition) is 3. The second-order valence-corrected chi connectivity index (χ2v) is 6.37. The third kappa shape index (κ3) is 5.88. The lowest BCUT2D eigenvalue weighted by atomic mass is 10.3. The number of nitrogens with one attached hydrogen (secondary N) is 2. The van der Waals surface area contributed by atoms with Crippen molar-refractivity contribution in [2.24, 2.45) is 5.73 Å². The lowest BCUT2D eigenvalue weighted by molar-refractivity contribution is -0.120. The minimum absolute atomic E-state index is 0.0271. The van der Waals surface area contributed by atoms with E-state index < -0.39 is 22.5 Å². The van der Waals surface area contributed by atoms with Gasteiger partial charge >= 0.3 is 0 Å². The summed E-state index contributed by atoms with van der Waals surface area (Å²) in [6.07, 6.45) is 0.633. The molecule has 0 aliphatic heterocycles. The fraction of sp³-hybridized carbons (Fsp3) is 0.417. The first-order chi connectivity index (χ1) is 9.86. The lowest BCUT2D eigenvalue weighted by Gasteiger charge is -2.12. The second kappa shape index (κ2) is 8.18. The van der Waals surface area contributed by atoms with Crippen LogP contribution in [-0.4, -0.2) is 41.1 Å². The summed E-state index contributed by atoms with van der Waals surface area (Å²) < 4.78 is 32.0. The number of carbonyl (C=O) groups is 1. The van der Waals surface area contributed by atoms with Crippen LogP contribution in [0.25, 0.3) is 0 Å². The Balaban J connectivity index is 2.92. The summed E-state index contributed by atoms with van der Waals surface area (Å²) >= 11 is 5.82. The van der Waals surface area contributed by atoms with Crippen LogP contribution in [0.15, 0.2) is 23.1 Å². The number of carbonyl (C=O) groups excluding carboxylic acids is 1. The minimum atomic E-state index is -3.78. The van der Waals surface area contributed by atoms with Crippen molar-refractivity contribution in [2.45, 2.75) is 11.3 Å². The number of sulfonamides is 1. The molecule has 4 N–H and O–H groups in total. The van der Waals surface area contributed by atoms with Gasteiger partial charge in [0.25, 0.3) is 5.91 Å². The molecule has 1 aromatic rings. The number of halogens is 1. The van der Waals surface area contributed by atoms with Crippen LogP contribution in [0, 0.1) is 0 Å². The van der Waals surface area contributed by atoms with Gasteiger partial charge in [0.05, 0.1) is 0 Å². The van der Waals surface area contributed by atoms with Gasteiger partial charge in [-0.2, -0.15) is 0 Å². The predicted molar refractivity (Wildman–Crippen MR) is 79.9 cm³/mol. The smallest absolute Gasteiger partial charge is 0.255 e. The zero-order valence-corrected chi connectivity index (χ0v) is 13.1. The largest absolute Gasteiger partial charge is 0.482 e. The summed E-state index contributed by atoms with van der Waals surface area (Å²) in [5.74, 6) is -0.672. The molecule has 7 nitrogen and oxygen atoms in total. The third-order valence-electron chi connectivity index (χ3n) is 2.46. The first kappa shape index (κ1) is 17.7. The van der Waals surface area contributed by atoms with Crippen LogP contribution in [0.1, 0.15) is 6.42 Å². The van der Waals surface area contributed by atoms with Gasteiger partial charge in [0.2, 0.25) is 10.0 Å². The maximum absolute atomic E-state index is 12.2. The number of hydrogen-bond acceptors (Lipinski definition) is 5. The van der Waals surface area contributed by atoms with E-state index in [-0.39, 0.29) is 22.2 Å². The Morgan fingerprint density at radius 3 is 2.71 bits per heavy atom. The van der Waals surface area contributed by atoms with Gasteiger partial charge in [0.15, 0.2) is 6.61 Å². The van der Waals surface area contributed by atoms with Crippen molar-refractivity contribution in [1.29, 1.82) is 0 Å². The van der Waals surface area contributed by atoms with Crippen LogP contribution in [-0.2, 0) is 14.8 Å². The Labute approximate surface area is 128 Å². The molecule has 0 fully saturated rings. The van der Waals surface area contributed by atoms with Gasteiger partial charge in [-0.05, 0) is 38.2 Å². The molecular formula is C12H18ClN3O4S. The molecule has 0 aliphatic carbocycles. The molecule has 0 aromatic heterocycles. The molecule has 118 valence electrons. The van der Waals surface area contributed by atoms with Gasteiger partial charge in [0.1, 0.15) is 10.6 Å². The van der Waals surface area contributed by atoms with Crippen LogP contribution in [0.2, 0.25) is 5.02 Å². The molecule has 1 amide bonds. The quantitative estimate of drug-likeness (QED) is 0.554. The molecule has 0 spiro atoms. The van der Waals surface area contributed by atoms with E-state index in [4.69, 9.17) is 22.1 Å². The first-order valence-electron chi connectivity index (χ1n) is 6.21. The third-order valence-corrected chi connectivity index (χ3v) is 4.18. The fourth-order valence-corrected chi connectivity index (χ4v) is 2.99. The van der Waals surface area contributed by atoms with Crippen molar-refractivity contribution < 1.29 is 17.9 Å². The minimum Gasteiger partial charge on any atom is -0.482 e. The van der Waals surface area contributed by atoms with E-state index in [0.717, 1.165) is 0 Å². The Hall–Kier alpha value is -1.35. The summed E-state index contributed by atoms with van der Waals surface area (Å²) in [5, 5.41) is 3.16. The summed E-state index contributed by atoms with van der Waals surface area (Å²) in [4.78, 5) is 10.6. The summed E-state index contributed by atoms with van der Waals surface area (Å²) in [7, 11) is -2.00. The summed E-state index contributed by atoms with van der Waals surface area (Å²) in [6, 6.07) is 4.11. The van der Waals surface area contributed by atoms with Crippen molar-refractivity contribution in [3.05, 3.63) is 23.2 Å². The molecule has 9 heteroatoms. The van der Waals surface area contributed by atoms with Crippen molar-refractivity contribution in [3.63, 3.8) is 0 Å². The van der Waals surface area contributed by atoms with Crippen LogP contribution in [0.5, 0.6) is 5.75 Å². The van der Waals surface area contributed by atoms with Gasteiger partial charge in [-0.25, -0.2) is 13.1 Å². The molecule has 0 atom stereocenters. The highest BCUT2D eigenvalue weighted by Gasteiger charge is 2.20. The molecule has 0 bridgehead atoms. The highest BCUT2D eigenvalue weighted by molar-refractivity contribution is 7.89. The van der Waals surface area contributed by atoms with E-state index in [0.29, 0.717) is 13.0 Å². The fourth-order valence-electron chi connectivity index (χ4n) is 1.51. The lowest BCUT2D eigenvalue weighted by Crippen LogP contribution is -2.28. The standard InChI is InChI=1S/C12H18ClN3O4S/c1-15-5-2-6-16-21(18,19)11-7-9(13)3-4-10(11)20-8-12(14)17/h3-4,7,15-16H,2,5-6,8H2,1H3,(H2,14,17). The number of rotatable bonds is 9. The highest BCUT2D eigenvalue weighted by Crippen LogP contribution is 2.27. The van der Waals surface area contributed by atoms with Crippen LogP contribution >= 0.6 is 11.6 Å². The Bertz CT molecular complexity index is 592. The SMILES string of the molecule is CNCCCNS(=O)(=O)c1cc(Cl)ccc1OCC(N)=O. The summed E-state index contributed by atoms with van der Waals surface area (Å²) in [5.41, 5.74) is 4.98. The number of benzene rings is 1. The molecule has 0 saturated heterocycles. The Kier molecular flexibility index (Phi) is 6.90. The topological polar surface area (TPSA) is 111 Å². The van der Waals surface area contributed by atoms with Gasteiger partial charge in [-0.15, -0.1) is 0 Å². The van der Waals surface area contributed by atoms with Crippen molar-refractivity contribution in [1.82, 2.24) is 10.0 Å². The van der Waals surface area contributed by atoms with E-state index in [9.17, 15) is 13.2 Å². The molecule has 21 heavy (non-hydrogen) atoms. The van der Waals surface area contributed by atoms with E-state index >= 15 is 0 Å². The van der Waals surface area contributed by atoms with Crippen LogP contribution < -0.4 is 20.5 Å². The Morgan fingerprint density at radius 2 is 2.10 bits per heavy atom. The number of amides is 1. The van der Waals surface area contributed by atoms with E-state index in [2.05, 4.69) is 10.0 Å². The molecule has 1 aromatic carbocycles. The average molecular weight is 336 g/mol. The van der Waals surface area contributed by atoms with Crippen molar-refractivity contribution in [3.8, 4) is 5.75 Å². The van der Waals surface area contributed by atoms with Gasteiger partial charge in [0, 0.05) is 11.6 Å². The molecule has 0 aliphatic rings. The molecule has 0 unspecified atom stereocenters. The maximum atomic E-state index is 12.2. The zero-order valence-electron chi connectivity index (χ0n) is 11.6. The first-order valence-corrected chi connectivity index (χ1v) is 8.08. The predicted octanol–water partition coefficient (Wildman–Crippen LogP) is 0.0919. The van der Waals surface area contributed by atoms with E-state index in [1.807, 2.05) is 0 Å². The zero-order chi connectivity index (χ0) is 15.9. The van der Waals surface area contributed by atoms with Gasteiger partial charge in [-0.3, -0.25) is 4.79 Å². The molecular weight excluding hydrogens is 318 g/mol. The van der Waals surface area contributed by atoms with E-state index in [1.165, 1.54) is 18.2 Å². The Morgan fingerprint density at radius 1 is 1.38 bits per heavy atom. The number of ether oxygens (including phenoxy) is 1. The van der Waals surface area contributed by atoms with Crippen molar-refractivity contribution >= 4 is 27.5 Å². The molecule has 1 rings (SSSR count). The van der Waals surface area contributed by atoms with Gasteiger partial charge < -0.3 is 15.8 Å². The summed E-state index contributed by atoms with van der Waals surface area (Å²) in [6.45, 7) is 0.540. The molecule has 0 radical (unpaired) electrons. The molecule has 0 saturated carbocycles. The second-order valence-electron chi connectivity index (χ2n) is 4.20. The highest BCUT2D eigenvalue weighted by atomic mass is 35.5.